The standard InChI is InChI=1S/C28H30FN5O3/c1-3-13-34(28(36)22-8-4-9-23(29)18-22)20-27(35)33-15-6-14-32(16-17-33)26-12-11-25(30-31-26)21-7-5-10-24(19-21)37-2/h3-5,7-12,18-19H,1,6,13-17,20H2,2H3. The van der Waals surface area contributed by atoms with Crippen LogP contribution < -0.4 is 9.64 Å². The first-order valence-corrected chi connectivity index (χ1v) is 12.1. The van der Waals surface area contributed by atoms with Crippen LogP contribution in [0.4, 0.5) is 10.2 Å². The number of rotatable bonds is 8. The Morgan fingerprint density at radius 2 is 1.89 bits per heavy atom. The zero-order valence-corrected chi connectivity index (χ0v) is 20.8. The van der Waals surface area contributed by atoms with Gasteiger partial charge in [0.05, 0.1) is 12.8 Å². The second-order valence-corrected chi connectivity index (χ2v) is 8.71. The molecule has 0 atom stereocenters. The lowest BCUT2D eigenvalue weighted by molar-refractivity contribution is -0.131. The number of halogens is 1. The van der Waals surface area contributed by atoms with Gasteiger partial charge in [-0.3, -0.25) is 9.59 Å². The van der Waals surface area contributed by atoms with E-state index in [1.54, 1.807) is 18.1 Å². The maximum absolute atomic E-state index is 13.6. The van der Waals surface area contributed by atoms with Crippen LogP contribution in [0.3, 0.4) is 0 Å². The van der Waals surface area contributed by atoms with E-state index in [2.05, 4.69) is 21.7 Å². The van der Waals surface area contributed by atoms with Crippen molar-refractivity contribution < 1.29 is 18.7 Å². The van der Waals surface area contributed by atoms with E-state index in [-0.39, 0.29) is 24.6 Å². The summed E-state index contributed by atoms with van der Waals surface area (Å²) in [5.74, 6) is 0.437. The van der Waals surface area contributed by atoms with Crippen molar-refractivity contribution in [3.8, 4) is 17.0 Å². The summed E-state index contributed by atoms with van der Waals surface area (Å²) in [6, 6.07) is 17.0. The molecule has 2 heterocycles. The molecule has 0 saturated carbocycles. The minimum atomic E-state index is -0.497. The number of carbonyl (C=O) groups is 2. The molecule has 0 unspecified atom stereocenters. The van der Waals surface area contributed by atoms with E-state index in [0.29, 0.717) is 19.6 Å². The van der Waals surface area contributed by atoms with Crippen molar-refractivity contribution in [3.63, 3.8) is 0 Å². The minimum Gasteiger partial charge on any atom is -0.497 e. The molecular formula is C28H30FN5O3. The Morgan fingerprint density at radius 1 is 1.05 bits per heavy atom. The van der Waals surface area contributed by atoms with Crippen molar-refractivity contribution in [3.05, 3.63) is 84.7 Å². The Labute approximate surface area is 216 Å². The van der Waals surface area contributed by atoms with E-state index in [1.807, 2.05) is 36.4 Å². The lowest BCUT2D eigenvalue weighted by atomic mass is 10.1. The Kier molecular flexibility index (Phi) is 8.45. The van der Waals surface area contributed by atoms with Crippen LogP contribution >= 0.6 is 0 Å². The van der Waals surface area contributed by atoms with Gasteiger partial charge >= 0.3 is 0 Å². The number of nitrogens with zero attached hydrogens (tertiary/aromatic N) is 5. The molecule has 1 fully saturated rings. The quantitative estimate of drug-likeness (QED) is 0.437. The highest BCUT2D eigenvalue weighted by atomic mass is 19.1. The summed E-state index contributed by atoms with van der Waals surface area (Å²) in [7, 11) is 1.63. The predicted molar refractivity (Wildman–Crippen MR) is 140 cm³/mol. The Hall–Kier alpha value is -4.27. The summed E-state index contributed by atoms with van der Waals surface area (Å²) in [5, 5.41) is 8.81. The Morgan fingerprint density at radius 3 is 2.62 bits per heavy atom. The molecule has 0 aliphatic carbocycles. The van der Waals surface area contributed by atoms with Gasteiger partial charge < -0.3 is 19.4 Å². The lowest BCUT2D eigenvalue weighted by Gasteiger charge is -2.26. The van der Waals surface area contributed by atoms with Gasteiger partial charge in [-0.15, -0.1) is 16.8 Å². The lowest BCUT2D eigenvalue weighted by Crippen LogP contribution is -2.44. The number of anilines is 1. The third kappa shape index (κ3) is 6.49. The van der Waals surface area contributed by atoms with Gasteiger partial charge in [0.1, 0.15) is 18.1 Å². The summed E-state index contributed by atoms with van der Waals surface area (Å²) < 4.78 is 18.9. The van der Waals surface area contributed by atoms with Crippen LogP contribution in [0.2, 0.25) is 0 Å². The molecule has 4 rings (SSSR count). The van der Waals surface area contributed by atoms with Gasteiger partial charge in [0.25, 0.3) is 5.91 Å². The first kappa shape index (κ1) is 25.8. The Bertz CT molecular complexity index is 1250. The summed E-state index contributed by atoms with van der Waals surface area (Å²) in [4.78, 5) is 31.2. The molecule has 0 spiro atoms. The van der Waals surface area contributed by atoms with Crippen LogP contribution in [0, 0.1) is 5.82 Å². The topological polar surface area (TPSA) is 78.9 Å². The summed E-state index contributed by atoms with van der Waals surface area (Å²) in [6.07, 6.45) is 2.31. The van der Waals surface area contributed by atoms with Crippen molar-refractivity contribution >= 4 is 17.6 Å². The van der Waals surface area contributed by atoms with Gasteiger partial charge in [-0.25, -0.2) is 4.39 Å². The first-order valence-electron chi connectivity index (χ1n) is 12.1. The molecule has 0 bridgehead atoms. The third-order valence-electron chi connectivity index (χ3n) is 6.22. The number of benzene rings is 2. The second kappa shape index (κ2) is 12.1. The molecule has 0 radical (unpaired) electrons. The zero-order chi connectivity index (χ0) is 26.2. The molecule has 1 saturated heterocycles. The highest BCUT2D eigenvalue weighted by Crippen LogP contribution is 2.23. The molecule has 192 valence electrons. The minimum absolute atomic E-state index is 0.101. The smallest absolute Gasteiger partial charge is 0.254 e. The first-order chi connectivity index (χ1) is 18.0. The molecule has 37 heavy (non-hydrogen) atoms. The largest absolute Gasteiger partial charge is 0.497 e. The van der Waals surface area contributed by atoms with Crippen LogP contribution in [0.5, 0.6) is 5.75 Å². The highest BCUT2D eigenvalue weighted by Gasteiger charge is 2.24. The van der Waals surface area contributed by atoms with Crippen molar-refractivity contribution in [2.24, 2.45) is 0 Å². The van der Waals surface area contributed by atoms with Crippen LogP contribution in [0.15, 0.2) is 73.3 Å². The predicted octanol–water partition coefficient (Wildman–Crippen LogP) is 3.66. The van der Waals surface area contributed by atoms with E-state index < -0.39 is 11.7 Å². The van der Waals surface area contributed by atoms with Gasteiger partial charge in [-0.05, 0) is 48.9 Å². The molecule has 2 amide bonds. The van der Waals surface area contributed by atoms with Crippen LogP contribution in [-0.2, 0) is 4.79 Å². The molecule has 2 aromatic carbocycles. The second-order valence-electron chi connectivity index (χ2n) is 8.71. The maximum atomic E-state index is 13.6. The number of amides is 2. The molecule has 1 aromatic heterocycles. The molecule has 9 heteroatoms. The average Bonchev–Trinajstić information content (AvgIpc) is 3.19. The van der Waals surface area contributed by atoms with E-state index in [0.717, 1.165) is 35.8 Å². The van der Waals surface area contributed by atoms with Gasteiger partial charge in [0.15, 0.2) is 5.82 Å². The van der Waals surface area contributed by atoms with E-state index in [4.69, 9.17) is 4.74 Å². The van der Waals surface area contributed by atoms with Crippen LogP contribution in [0.1, 0.15) is 16.8 Å². The number of hydrogen-bond donors (Lipinski definition) is 0. The molecule has 1 aliphatic heterocycles. The molecule has 8 nitrogen and oxygen atoms in total. The van der Waals surface area contributed by atoms with Crippen molar-refractivity contribution in [1.82, 2.24) is 20.0 Å². The van der Waals surface area contributed by atoms with Gasteiger partial charge in [-0.1, -0.05) is 24.3 Å². The zero-order valence-electron chi connectivity index (χ0n) is 20.8. The normalized spacial score (nSPS) is 13.6. The van der Waals surface area contributed by atoms with E-state index >= 15 is 0 Å². The monoisotopic (exact) mass is 503 g/mol. The summed E-state index contributed by atoms with van der Waals surface area (Å²) >= 11 is 0. The SMILES string of the molecule is C=CCN(CC(=O)N1CCCN(c2ccc(-c3cccc(OC)c3)nn2)CC1)C(=O)c1cccc(F)c1. The van der Waals surface area contributed by atoms with Crippen molar-refractivity contribution in [1.29, 1.82) is 0 Å². The molecule has 0 N–H and O–H groups in total. The molecule has 1 aliphatic rings. The van der Waals surface area contributed by atoms with Crippen LogP contribution in [0.25, 0.3) is 11.3 Å². The van der Waals surface area contributed by atoms with E-state index in [1.165, 1.54) is 29.2 Å². The average molecular weight is 504 g/mol. The molecule has 3 aromatic rings. The fraction of sp³-hybridized carbons (Fsp3) is 0.286. The number of methoxy groups -OCH3 is 1. The van der Waals surface area contributed by atoms with Gasteiger partial charge in [-0.2, -0.15) is 0 Å². The number of hydrogen-bond acceptors (Lipinski definition) is 6. The fourth-order valence-corrected chi connectivity index (χ4v) is 4.27. The van der Waals surface area contributed by atoms with Crippen LogP contribution in [-0.4, -0.2) is 78.2 Å². The van der Waals surface area contributed by atoms with Crippen molar-refractivity contribution in [2.45, 2.75) is 6.42 Å². The Balaban J connectivity index is 1.38. The highest BCUT2D eigenvalue weighted by molar-refractivity contribution is 5.96. The number of ether oxygens (including phenoxy) is 1. The fourth-order valence-electron chi connectivity index (χ4n) is 4.27. The van der Waals surface area contributed by atoms with Gasteiger partial charge in [0.2, 0.25) is 5.91 Å². The molecular weight excluding hydrogens is 473 g/mol. The maximum Gasteiger partial charge on any atom is 0.254 e. The van der Waals surface area contributed by atoms with E-state index in [9.17, 15) is 14.0 Å². The number of aromatic nitrogens is 2. The van der Waals surface area contributed by atoms with Gasteiger partial charge in [0, 0.05) is 43.9 Å². The summed E-state index contributed by atoms with van der Waals surface area (Å²) in [5.41, 5.74) is 1.87. The van der Waals surface area contributed by atoms with Crippen molar-refractivity contribution in [2.75, 3.05) is 51.3 Å². The third-order valence-corrected chi connectivity index (χ3v) is 6.22. The number of carbonyl (C=O) groups excluding carboxylic acids is 2. The summed E-state index contributed by atoms with van der Waals surface area (Å²) in [6.45, 7) is 6.17.